The number of fused-ring (bicyclic) bond motifs is 1. The van der Waals surface area contributed by atoms with Gasteiger partial charge in [-0.2, -0.15) is 0 Å². The number of aromatic nitrogens is 2. The highest BCUT2D eigenvalue weighted by Crippen LogP contribution is 2.32. The summed E-state index contributed by atoms with van der Waals surface area (Å²) in [6.45, 7) is 0.483. The van der Waals surface area contributed by atoms with Crippen LogP contribution in [0.4, 0.5) is 0 Å². The lowest BCUT2D eigenvalue weighted by Gasteiger charge is -2.03. The van der Waals surface area contributed by atoms with E-state index < -0.39 is 5.69 Å². The van der Waals surface area contributed by atoms with Crippen LogP contribution < -0.4 is 17.0 Å². The fourth-order valence-electron chi connectivity index (χ4n) is 2.00. The summed E-state index contributed by atoms with van der Waals surface area (Å²) in [5, 5.41) is 4.43. The second kappa shape index (κ2) is 4.76. The van der Waals surface area contributed by atoms with Crippen molar-refractivity contribution in [1.82, 2.24) is 9.55 Å². The minimum Gasteiger partial charge on any atom is -0.329 e. The number of nitrogens with zero attached hydrogens (tertiary/aromatic N) is 1. The molecule has 0 atom stereocenters. The Balaban J connectivity index is 2.36. The second-order valence-electron chi connectivity index (χ2n) is 4.01. The Labute approximate surface area is 115 Å². The molecule has 0 spiro atoms. The number of nitrogens with one attached hydrogen (secondary N) is 1. The number of nitrogens with two attached hydrogens (primary N) is 1. The Bertz CT molecular complexity index is 827. The van der Waals surface area contributed by atoms with Gasteiger partial charge in [-0.3, -0.25) is 14.3 Å². The lowest BCUT2D eigenvalue weighted by atomic mass is 10.2. The van der Waals surface area contributed by atoms with Crippen LogP contribution in [0.1, 0.15) is 0 Å². The molecule has 0 aromatic carbocycles. The van der Waals surface area contributed by atoms with Gasteiger partial charge in [0.25, 0.3) is 5.56 Å². The van der Waals surface area contributed by atoms with E-state index in [1.165, 1.54) is 11.3 Å². The SMILES string of the molecule is NCCn1c(=O)[nH]c2scc(-c3cccs3)c2c1=O. The minimum atomic E-state index is -0.400. The van der Waals surface area contributed by atoms with Crippen LogP contribution in [-0.4, -0.2) is 16.1 Å². The number of aromatic amines is 1. The predicted octanol–water partition coefficient (Wildman–Crippen LogP) is 1.44. The number of thiophene rings is 2. The highest BCUT2D eigenvalue weighted by Gasteiger charge is 2.14. The third-order valence-corrected chi connectivity index (χ3v) is 4.65. The van der Waals surface area contributed by atoms with Crippen molar-refractivity contribution in [1.29, 1.82) is 0 Å². The summed E-state index contributed by atoms with van der Waals surface area (Å²) in [5.41, 5.74) is 5.65. The molecule has 0 bridgehead atoms. The maximum Gasteiger partial charge on any atom is 0.329 e. The van der Waals surface area contributed by atoms with Gasteiger partial charge in [0.1, 0.15) is 4.83 Å². The number of hydrogen-bond donors (Lipinski definition) is 2. The van der Waals surface area contributed by atoms with Gasteiger partial charge in [0.05, 0.1) is 5.39 Å². The van der Waals surface area contributed by atoms with Gasteiger partial charge >= 0.3 is 5.69 Å². The summed E-state index contributed by atoms with van der Waals surface area (Å²) >= 11 is 2.94. The molecule has 0 aliphatic carbocycles. The van der Waals surface area contributed by atoms with E-state index in [-0.39, 0.29) is 18.6 Å². The van der Waals surface area contributed by atoms with Crippen molar-refractivity contribution in [3.05, 3.63) is 43.7 Å². The zero-order chi connectivity index (χ0) is 13.4. The van der Waals surface area contributed by atoms with Crippen molar-refractivity contribution < 1.29 is 0 Å². The highest BCUT2D eigenvalue weighted by atomic mass is 32.1. The van der Waals surface area contributed by atoms with Gasteiger partial charge in [-0.05, 0) is 11.4 Å². The first-order valence-electron chi connectivity index (χ1n) is 5.70. The van der Waals surface area contributed by atoms with Crippen LogP contribution in [0.5, 0.6) is 0 Å². The van der Waals surface area contributed by atoms with Gasteiger partial charge < -0.3 is 5.73 Å². The molecule has 0 saturated carbocycles. The summed E-state index contributed by atoms with van der Waals surface area (Å²) in [6, 6.07) is 3.90. The molecule has 7 heteroatoms. The molecule has 0 amide bonds. The van der Waals surface area contributed by atoms with Crippen molar-refractivity contribution in [2.45, 2.75) is 6.54 Å². The Morgan fingerprint density at radius 1 is 1.32 bits per heavy atom. The fraction of sp³-hybridized carbons (Fsp3) is 0.167. The maximum atomic E-state index is 12.4. The monoisotopic (exact) mass is 293 g/mol. The Kier molecular flexibility index (Phi) is 3.09. The number of rotatable bonds is 3. The van der Waals surface area contributed by atoms with Crippen LogP contribution in [-0.2, 0) is 6.54 Å². The molecule has 3 heterocycles. The van der Waals surface area contributed by atoms with E-state index >= 15 is 0 Å². The molecule has 98 valence electrons. The van der Waals surface area contributed by atoms with Crippen LogP contribution in [0, 0.1) is 0 Å². The van der Waals surface area contributed by atoms with Crippen LogP contribution >= 0.6 is 22.7 Å². The number of H-pyrrole nitrogens is 1. The van der Waals surface area contributed by atoms with Gasteiger partial charge in [0.2, 0.25) is 0 Å². The smallest absolute Gasteiger partial charge is 0.329 e. The maximum absolute atomic E-state index is 12.4. The normalized spacial score (nSPS) is 11.2. The Morgan fingerprint density at radius 2 is 2.16 bits per heavy atom. The number of hydrogen-bond acceptors (Lipinski definition) is 5. The van der Waals surface area contributed by atoms with Crippen molar-refractivity contribution in [3.8, 4) is 10.4 Å². The van der Waals surface area contributed by atoms with E-state index in [1.54, 1.807) is 11.3 Å². The van der Waals surface area contributed by atoms with Gasteiger partial charge in [-0.25, -0.2) is 4.79 Å². The largest absolute Gasteiger partial charge is 0.329 e. The molecule has 5 nitrogen and oxygen atoms in total. The van der Waals surface area contributed by atoms with Crippen LogP contribution in [0.2, 0.25) is 0 Å². The Hall–Kier alpha value is -1.70. The minimum absolute atomic E-state index is 0.226. The van der Waals surface area contributed by atoms with Crippen LogP contribution in [0.3, 0.4) is 0 Å². The van der Waals surface area contributed by atoms with Crippen LogP contribution in [0.25, 0.3) is 20.7 Å². The molecule has 3 N–H and O–H groups in total. The molecule has 19 heavy (non-hydrogen) atoms. The van der Waals surface area contributed by atoms with Crippen molar-refractivity contribution >= 4 is 32.9 Å². The molecule has 0 radical (unpaired) electrons. The molecule has 3 aromatic rings. The molecule has 3 rings (SSSR count). The molecule has 0 aliphatic rings. The average Bonchev–Trinajstić information content (AvgIpc) is 3.02. The topological polar surface area (TPSA) is 80.9 Å². The Morgan fingerprint density at radius 3 is 2.84 bits per heavy atom. The highest BCUT2D eigenvalue weighted by molar-refractivity contribution is 7.18. The van der Waals surface area contributed by atoms with Gasteiger partial charge in [-0.15, -0.1) is 22.7 Å². The zero-order valence-electron chi connectivity index (χ0n) is 9.88. The van der Waals surface area contributed by atoms with Gasteiger partial charge in [0.15, 0.2) is 0 Å². The molecule has 0 fully saturated rings. The van der Waals surface area contributed by atoms with E-state index in [1.807, 2.05) is 22.9 Å². The average molecular weight is 293 g/mol. The third kappa shape index (κ3) is 1.95. The fourth-order valence-corrected chi connectivity index (χ4v) is 3.76. The van der Waals surface area contributed by atoms with E-state index in [9.17, 15) is 9.59 Å². The summed E-state index contributed by atoms with van der Waals surface area (Å²) < 4.78 is 1.16. The summed E-state index contributed by atoms with van der Waals surface area (Å²) in [5.74, 6) is 0. The first kappa shape index (κ1) is 12.3. The van der Waals surface area contributed by atoms with E-state index in [4.69, 9.17) is 5.73 Å². The summed E-state index contributed by atoms with van der Waals surface area (Å²) in [7, 11) is 0. The van der Waals surface area contributed by atoms with Crippen molar-refractivity contribution in [2.24, 2.45) is 5.73 Å². The van der Waals surface area contributed by atoms with E-state index in [2.05, 4.69) is 4.98 Å². The van der Waals surface area contributed by atoms with E-state index in [0.717, 1.165) is 15.0 Å². The molecule has 0 saturated heterocycles. The summed E-state index contributed by atoms with van der Waals surface area (Å²) in [6.07, 6.45) is 0. The van der Waals surface area contributed by atoms with Gasteiger partial charge in [-0.1, -0.05) is 6.07 Å². The standard InChI is InChI=1S/C12H11N3O2S2/c13-3-4-15-11(16)9-7(8-2-1-5-18-8)6-19-10(9)14-12(15)17/h1-2,5-6H,3-4,13H2,(H,14,17). The predicted molar refractivity (Wildman–Crippen MR) is 79.1 cm³/mol. The lowest BCUT2D eigenvalue weighted by Crippen LogP contribution is -2.36. The lowest BCUT2D eigenvalue weighted by molar-refractivity contribution is 0.647. The molecule has 3 aromatic heterocycles. The van der Waals surface area contributed by atoms with Gasteiger partial charge in [0, 0.05) is 28.9 Å². The van der Waals surface area contributed by atoms with Crippen molar-refractivity contribution in [2.75, 3.05) is 6.54 Å². The second-order valence-corrected chi connectivity index (χ2v) is 5.83. The first-order valence-corrected chi connectivity index (χ1v) is 7.46. The first-order chi connectivity index (χ1) is 9.22. The zero-order valence-corrected chi connectivity index (χ0v) is 11.5. The van der Waals surface area contributed by atoms with Crippen LogP contribution in [0.15, 0.2) is 32.5 Å². The molecule has 0 unspecified atom stereocenters. The van der Waals surface area contributed by atoms with E-state index in [0.29, 0.717) is 10.2 Å². The molecular formula is C12H11N3O2S2. The molecular weight excluding hydrogens is 282 g/mol. The third-order valence-electron chi connectivity index (χ3n) is 2.86. The molecule has 0 aliphatic heterocycles. The summed E-state index contributed by atoms with van der Waals surface area (Å²) in [4.78, 5) is 28.6. The quantitative estimate of drug-likeness (QED) is 0.766. The van der Waals surface area contributed by atoms with Crippen molar-refractivity contribution in [3.63, 3.8) is 0 Å².